The van der Waals surface area contributed by atoms with Crippen LogP contribution < -0.4 is 5.32 Å². The molecule has 1 aromatic carbocycles. The third-order valence-corrected chi connectivity index (χ3v) is 2.31. The lowest BCUT2D eigenvalue weighted by Crippen LogP contribution is -2.22. The van der Waals surface area contributed by atoms with Gasteiger partial charge in [0.1, 0.15) is 6.04 Å². The van der Waals surface area contributed by atoms with Crippen molar-refractivity contribution in [2.24, 2.45) is 0 Å². The van der Waals surface area contributed by atoms with Gasteiger partial charge in [0, 0.05) is 12.1 Å². The minimum absolute atomic E-state index is 0.232. The second-order valence-corrected chi connectivity index (χ2v) is 3.23. The Hall–Kier alpha value is -1.02. The Morgan fingerprint density at radius 3 is 2.92 bits per heavy atom. The molecule has 0 saturated carbocycles. The molecule has 0 unspecified atom stereocenters. The molecular weight excluding hydrogens is 174 g/mol. The predicted molar refractivity (Wildman–Crippen MR) is 48.4 cm³/mol. The van der Waals surface area contributed by atoms with Gasteiger partial charge in [-0.1, -0.05) is 18.2 Å². The number of benzene rings is 1. The summed E-state index contributed by atoms with van der Waals surface area (Å²) in [5.74, 6) is 0. The summed E-state index contributed by atoms with van der Waals surface area (Å²) in [5.41, 5.74) is 2.19. The molecule has 0 fully saturated rings. The topological polar surface area (TPSA) is 29.1 Å². The second kappa shape index (κ2) is 2.79. The number of hydrogen-bond acceptors (Lipinski definition) is 2. The van der Waals surface area contributed by atoms with Crippen LogP contribution in [0, 0.1) is 0 Å². The van der Waals surface area contributed by atoms with Crippen molar-refractivity contribution in [3.05, 3.63) is 29.8 Å². The monoisotopic (exact) mass is 181 g/mol. The Balaban J connectivity index is 2.27. The van der Waals surface area contributed by atoms with Gasteiger partial charge in [-0.25, -0.2) is 0 Å². The highest BCUT2D eigenvalue weighted by Gasteiger charge is 2.24. The molecule has 1 heterocycles. The van der Waals surface area contributed by atoms with Crippen molar-refractivity contribution in [1.29, 1.82) is 0 Å². The van der Waals surface area contributed by atoms with Gasteiger partial charge in [-0.3, -0.25) is 4.79 Å². The van der Waals surface area contributed by atoms with Crippen LogP contribution in [0.4, 0.5) is 5.69 Å². The van der Waals surface area contributed by atoms with Crippen molar-refractivity contribution < 1.29 is 4.79 Å². The van der Waals surface area contributed by atoms with E-state index >= 15 is 0 Å². The summed E-state index contributed by atoms with van der Waals surface area (Å²) in [6.07, 6.45) is 0.707. The van der Waals surface area contributed by atoms with E-state index in [4.69, 9.17) is 11.6 Å². The average Bonchev–Trinajstić information content (AvgIpc) is 2.46. The summed E-state index contributed by atoms with van der Waals surface area (Å²) in [4.78, 5) is 10.8. The SMILES string of the molecule is O=C(Cl)[C@@H]1Cc2ccccc2N1. The van der Waals surface area contributed by atoms with Crippen LogP contribution in [-0.2, 0) is 11.2 Å². The van der Waals surface area contributed by atoms with Crippen molar-refractivity contribution in [3.63, 3.8) is 0 Å². The molecule has 0 bridgehead atoms. The van der Waals surface area contributed by atoms with Crippen LogP contribution >= 0.6 is 11.6 Å². The highest BCUT2D eigenvalue weighted by molar-refractivity contribution is 6.65. The minimum atomic E-state index is -0.314. The summed E-state index contributed by atoms with van der Waals surface area (Å²) >= 11 is 5.37. The maximum atomic E-state index is 10.8. The quantitative estimate of drug-likeness (QED) is 0.670. The molecule has 0 spiro atoms. The van der Waals surface area contributed by atoms with Crippen LogP contribution in [0.1, 0.15) is 5.56 Å². The number of carbonyl (C=O) groups excluding carboxylic acids is 1. The number of anilines is 1. The maximum Gasteiger partial charge on any atom is 0.244 e. The van der Waals surface area contributed by atoms with Gasteiger partial charge in [0.15, 0.2) is 0 Å². The number of hydrogen-bond donors (Lipinski definition) is 1. The number of carbonyl (C=O) groups is 1. The van der Waals surface area contributed by atoms with Gasteiger partial charge in [-0.2, -0.15) is 0 Å². The van der Waals surface area contributed by atoms with Crippen molar-refractivity contribution in [2.75, 3.05) is 5.32 Å². The fraction of sp³-hybridized carbons (Fsp3) is 0.222. The van der Waals surface area contributed by atoms with E-state index in [9.17, 15) is 4.79 Å². The largest absolute Gasteiger partial charge is 0.374 e. The Labute approximate surface area is 75.5 Å². The van der Waals surface area contributed by atoms with Crippen molar-refractivity contribution in [3.8, 4) is 0 Å². The number of halogens is 1. The van der Waals surface area contributed by atoms with Crippen LogP contribution in [-0.4, -0.2) is 11.3 Å². The zero-order valence-corrected chi connectivity index (χ0v) is 7.14. The van der Waals surface area contributed by atoms with Crippen LogP contribution in [0.2, 0.25) is 0 Å². The second-order valence-electron chi connectivity index (χ2n) is 2.86. The van der Waals surface area contributed by atoms with Crippen LogP contribution in [0.5, 0.6) is 0 Å². The van der Waals surface area contributed by atoms with E-state index in [-0.39, 0.29) is 11.3 Å². The molecule has 3 heteroatoms. The molecule has 2 rings (SSSR count). The van der Waals surface area contributed by atoms with Crippen molar-refractivity contribution in [2.45, 2.75) is 12.5 Å². The fourth-order valence-electron chi connectivity index (χ4n) is 1.43. The highest BCUT2D eigenvalue weighted by Crippen LogP contribution is 2.25. The van der Waals surface area contributed by atoms with Gasteiger partial charge in [0.05, 0.1) is 0 Å². The van der Waals surface area contributed by atoms with E-state index in [1.165, 1.54) is 0 Å². The summed E-state index contributed by atoms with van der Waals surface area (Å²) in [7, 11) is 0. The molecule has 0 aromatic heterocycles. The normalized spacial score (nSPS) is 19.9. The lowest BCUT2D eigenvalue weighted by atomic mass is 10.1. The molecule has 0 aliphatic carbocycles. The molecule has 1 aliphatic heterocycles. The van der Waals surface area contributed by atoms with Crippen LogP contribution in [0.15, 0.2) is 24.3 Å². The Morgan fingerprint density at radius 1 is 1.50 bits per heavy atom. The van der Waals surface area contributed by atoms with Crippen molar-refractivity contribution >= 4 is 22.5 Å². The first kappa shape index (κ1) is 7.62. The third kappa shape index (κ3) is 1.18. The van der Waals surface area contributed by atoms with E-state index in [0.29, 0.717) is 6.42 Å². The Kier molecular flexibility index (Phi) is 1.77. The summed E-state index contributed by atoms with van der Waals surface area (Å²) < 4.78 is 0. The van der Waals surface area contributed by atoms with E-state index < -0.39 is 0 Å². The van der Waals surface area contributed by atoms with Crippen molar-refractivity contribution in [1.82, 2.24) is 0 Å². The maximum absolute atomic E-state index is 10.8. The summed E-state index contributed by atoms with van der Waals surface area (Å²) in [6, 6.07) is 7.62. The average molecular weight is 182 g/mol. The van der Waals surface area contributed by atoms with Gasteiger partial charge in [-0.05, 0) is 23.2 Å². The summed E-state index contributed by atoms with van der Waals surface area (Å²) in [5, 5.41) is 2.74. The molecule has 0 amide bonds. The molecule has 1 atom stereocenters. The molecule has 0 radical (unpaired) electrons. The molecule has 1 aromatic rings. The van der Waals surface area contributed by atoms with E-state index in [1.807, 2.05) is 24.3 Å². The molecule has 2 nitrogen and oxygen atoms in total. The fourth-order valence-corrected chi connectivity index (χ4v) is 1.57. The lowest BCUT2D eigenvalue weighted by Gasteiger charge is -2.02. The van der Waals surface area contributed by atoms with Gasteiger partial charge < -0.3 is 5.32 Å². The predicted octanol–water partition coefficient (Wildman–Crippen LogP) is 1.79. The van der Waals surface area contributed by atoms with Gasteiger partial charge in [0.25, 0.3) is 0 Å². The number of para-hydroxylation sites is 1. The van der Waals surface area contributed by atoms with Crippen LogP contribution in [0.25, 0.3) is 0 Å². The molecule has 1 aliphatic rings. The first-order chi connectivity index (χ1) is 5.77. The smallest absolute Gasteiger partial charge is 0.244 e. The molecule has 12 heavy (non-hydrogen) atoms. The Bertz CT molecular complexity index is 299. The zero-order valence-electron chi connectivity index (χ0n) is 6.38. The minimum Gasteiger partial charge on any atom is -0.374 e. The highest BCUT2D eigenvalue weighted by atomic mass is 35.5. The third-order valence-electron chi connectivity index (χ3n) is 2.05. The van der Waals surface area contributed by atoms with Gasteiger partial charge in [-0.15, -0.1) is 0 Å². The van der Waals surface area contributed by atoms with Gasteiger partial charge >= 0.3 is 0 Å². The van der Waals surface area contributed by atoms with E-state index in [2.05, 4.69) is 5.32 Å². The van der Waals surface area contributed by atoms with E-state index in [0.717, 1.165) is 11.3 Å². The molecule has 1 N–H and O–H groups in total. The molecular formula is C9H8ClNO. The van der Waals surface area contributed by atoms with Gasteiger partial charge in [0.2, 0.25) is 5.24 Å². The standard InChI is InChI=1S/C9H8ClNO/c10-9(12)8-5-6-3-1-2-4-7(6)11-8/h1-4,8,11H,5H2/t8-/m0/s1. The first-order valence-corrected chi connectivity index (χ1v) is 4.19. The molecule has 62 valence electrons. The zero-order chi connectivity index (χ0) is 8.55. The number of fused-ring (bicyclic) bond motifs is 1. The van der Waals surface area contributed by atoms with Crippen LogP contribution in [0.3, 0.4) is 0 Å². The lowest BCUT2D eigenvalue weighted by molar-refractivity contribution is -0.112. The Morgan fingerprint density at radius 2 is 2.25 bits per heavy atom. The van der Waals surface area contributed by atoms with E-state index in [1.54, 1.807) is 0 Å². The number of rotatable bonds is 1. The summed E-state index contributed by atoms with van der Waals surface area (Å²) in [6.45, 7) is 0. The molecule has 0 saturated heterocycles. The first-order valence-electron chi connectivity index (χ1n) is 3.81. The number of nitrogens with one attached hydrogen (secondary N) is 1.